The van der Waals surface area contributed by atoms with Gasteiger partial charge < -0.3 is 19.1 Å². The third kappa shape index (κ3) is 5.11. The molecule has 1 saturated heterocycles. The number of ether oxygens (including phenoxy) is 3. The molecule has 0 aromatic carbocycles. The molecule has 5 nitrogen and oxygen atoms in total. The fraction of sp³-hybridized carbons (Fsp3) is 0.667. The lowest BCUT2D eigenvalue weighted by Gasteiger charge is -2.28. The van der Waals surface area contributed by atoms with Crippen LogP contribution in [0.5, 0.6) is 0 Å². The number of rotatable bonds is 7. The Morgan fingerprint density at radius 2 is 1.90 bits per heavy atom. The zero-order valence-electron chi connectivity index (χ0n) is 12.7. The quantitative estimate of drug-likeness (QED) is 0.724. The molecule has 1 aliphatic heterocycles. The Kier molecular flexibility index (Phi) is 6.70. The zero-order valence-corrected chi connectivity index (χ0v) is 13.4. The normalized spacial score (nSPS) is 15.7. The fourth-order valence-electron chi connectivity index (χ4n) is 2.30. The van der Waals surface area contributed by atoms with Crippen LogP contribution in [0.15, 0.2) is 12.1 Å². The summed E-state index contributed by atoms with van der Waals surface area (Å²) in [4.78, 5) is 6.88. The highest BCUT2D eigenvalue weighted by Gasteiger charge is 2.16. The fourth-order valence-corrected chi connectivity index (χ4v) is 2.53. The molecule has 0 unspecified atom stereocenters. The van der Waals surface area contributed by atoms with Crippen molar-refractivity contribution in [3.8, 4) is 0 Å². The molecule has 1 fully saturated rings. The average Bonchev–Trinajstić information content (AvgIpc) is 2.48. The van der Waals surface area contributed by atoms with Crippen LogP contribution in [0.4, 0.5) is 5.82 Å². The molecule has 0 atom stereocenters. The second kappa shape index (κ2) is 8.54. The number of nitrogens with zero attached hydrogens (tertiary/aromatic N) is 2. The van der Waals surface area contributed by atoms with Crippen LogP contribution in [0.3, 0.4) is 0 Å². The smallest absolute Gasteiger partial charge is 0.163 e. The van der Waals surface area contributed by atoms with Gasteiger partial charge in [0.2, 0.25) is 0 Å². The van der Waals surface area contributed by atoms with E-state index in [9.17, 15) is 0 Å². The summed E-state index contributed by atoms with van der Waals surface area (Å²) in [6.07, 6.45) is 0.322. The van der Waals surface area contributed by atoms with E-state index in [-0.39, 0.29) is 6.29 Å². The van der Waals surface area contributed by atoms with E-state index in [1.165, 1.54) is 0 Å². The third-order valence-electron chi connectivity index (χ3n) is 3.25. The van der Waals surface area contributed by atoms with Crippen molar-refractivity contribution >= 4 is 17.4 Å². The van der Waals surface area contributed by atoms with Gasteiger partial charge in [0.05, 0.1) is 13.2 Å². The van der Waals surface area contributed by atoms with E-state index in [1.54, 1.807) is 0 Å². The van der Waals surface area contributed by atoms with Crippen molar-refractivity contribution in [2.24, 2.45) is 0 Å². The summed E-state index contributed by atoms with van der Waals surface area (Å²) in [5.41, 5.74) is 0.885. The topological polar surface area (TPSA) is 43.8 Å². The summed E-state index contributed by atoms with van der Waals surface area (Å²) in [5.74, 6) is 0.896. The zero-order chi connectivity index (χ0) is 15.1. The van der Waals surface area contributed by atoms with Crippen LogP contribution >= 0.6 is 11.6 Å². The van der Waals surface area contributed by atoms with E-state index in [0.29, 0.717) is 24.7 Å². The first-order valence-corrected chi connectivity index (χ1v) is 7.83. The van der Waals surface area contributed by atoms with Crippen LogP contribution in [0.1, 0.15) is 19.5 Å². The predicted molar refractivity (Wildman–Crippen MR) is 83.0 cm³/mol. The largest absolute Gasteiger partial charge is 0.378 e. The summed E-state index contributed by atoms with van der Waals surface area (Å²) >= 11 is 6.23. The lowest BCUT2D eigenvalue weighted by atomic mass is 10.2. The van der Waals surface area contributed by atoms with Crippen LogP contribution < -0.4 is 4.90 Å². The van der Waals surface area contributed by atoms with Gasteiger partial charge in [-0.25, -0.2) is 4.98 Å². The number of aromatic nitrogens is 1. The standard InChI is InChI=1S/C15H23ClN2O3/c1-3-20-15(21-4-2)11-13-9-12(16)10-14(17-13)18-5-7-19-8-6-18/h9-10,15H,3-8,11H2,1-2H3. The summed E-state index contributed by atoms with van der Waals surface area (Å²) in [5, 5.41) is 0.688. The van der Waals surface area contributed by atoms with Crippen LogP contribution in [0, 0.1) is 0 Å². The Morgan fingerprint density at radius 3 is 2.52 bits per heavy atom. The Balaban J connectivity index is 2.09. The van der Waals surface area contributed by atoms with Crippen molar-refractivity contribution in [2.75, 3.05) is 44.4 Å². The predicted octanol–water partition coefficient (Wildman–Crippen LogP) is 2.51. The molecule has 2 rings (SSSR count). The van der Waals surface area contributed by atoms with E-state index < -0.39 is 0 Å². The summed E-state index contributed by atoms with van der Waals surface area (Å²) < 4.78 is 16.5. The van der Waals surface area contributed by atoms with Gasteiger partial charge in [-0.3, -0.25) is 0 Å². The Bertz CT molecular complexity index is 433. The first-order valence-electron chi connectivity index (χ1n) is 7.45. The van der Waals surface area contributed by atoms with E-state index in [1.807, 2.05) is 26.0 Å². The van der Waals surface area contributed by atoms with Gasteiger partial charge in [0.25, 0.3) is 0 Å². The van der Waals surface area contributed by atoms with Gasteiger partial charge in [0, 0.05) is 43.4 Å². The van der Waals surface area contributed by atoms with Crippen molar-refractivity contribution in [1.82, 2.24) is 4.98 Å². The summed E-state index contributed by atoms with van der Waals surface area (Å²) in [6.45, 7) is 8.27. The second-order valence-electron chi connectivity index (χ2n) is 4.78. The molecule has 118 valence electrons. The second-order valence-corrected chi connectivity index (χ2v) is 5.22. The Morgan fingerprint density at radius 1 is 1.24 bits per heavy atom. The van der Waals surface area contributed by atoms with Crippen molar-refractivity contribution < 1.29 is 14.2 Å². The molecular weight excluding hydrogens is 292 g/mol. The van der Waals surface area contributed by atoms with Crippen LogP contribution in [0.2, 0.25) is 5.02 Å². The minimum atomic E-state index is -0.275. The summed E-state index contributed by atoms with van der Waals surface area (Å²) in [6, 6.07) is 3.77. The van der Waals surface area contributed by atoms with Crippen molar-refractivity contribution in [2.45, 2.75) is 26.6 Å². The molecule has 0 N–H and O–H groups in total. The molecule has 1 aromatic rings. The molecule has 0 amide bonds. The molecule has 6 heteroatoms. The van der Waals surface area contributed by atoms with Crippen LogP contribution in [-0.4, -0.2) is 50.8 Å². The SMILES string of the molecule is CCOC(Cc1cc(Cl)cc(N2CCOCC2)n1)OCC. The maximum atomic E-state index is 6.23. The van der Waals surface area contributed by atoms with Crippen molar-refractivity contribution in [1.29, 1.82) is 0 Å². The molecule has 0 radical (unpaired) electrons. The van der Waals surface area contributed by atoms with E-state index >= 15 is 0 Å². The molecule has 21 heavy (non-hydrogen) atoms. The number of morpholine rings is 1. The highest BCUT2D eigenvalue weighted by Crippen LogP contribution is 2.21. The third-order valence-corrected chi connectivity index (χ3v) is 3.46. The Hall–Kier alpha value is -0.880. The first-order chi connectivity index (χ1) is 10.2. The van der Waals surface area contributed by atoms with Gasteiger partial charge in [-0.2, -0.15) is 0 Å². The molecular formula is C15H23ClN2O3. The highest BCUT2D eigenvalue weighted by molar-refractivity contribution is 6.30. The minimum absolute atomic E-state index is 0.275. The van der Waals surface area contributed by atoms with Crippen LogP contribution in [-0.2, 0) is 20.6 Å². The number of hydrogen-bond donors (Lipinski definition) is 0. The minimum Gasteiger partial charge on any atom is -0.378 e. The van der Waals surface area contributed by atoms with Gasteiger partial charge >= 0.3 is 0 Å². The maximum Gasteiger partial charge on any atom is 0.163 e. The number of pyridine rings is 1. The monoisotopic (exact) mass is 314 g/mol. The Labute approximate surface area is 131 Å². The summed E-state index contributed by atoms with van der Waals surface area (Å²) in [7, 11) is 0. The van der Waals surface area contributed by atoms with Crippen LogP contribution in [0.25, 0.3) is 0 Å². The van der Waals surface area contributed by atoms with E-state index in [0.717, 1.165) is 37.8 Å². The number of anilines is 1. The first kappa shape index (κ1) is 16.5. The lowest BCUT2D eigenvalue weighted by molar-refractivity contribution is -0.134. The van der Waals surface area contributed by atoms with Crippen molar-refractivity contribution in [3.05, 3.63) is 22.8 Å². The van der Waals surface area contributed by atoms with Gasteiger partial charge in [-0.1, -0.05) is 11.6 Å². The van der Waals surface area contributed by atoms with Crippen molar-refractivity contribution in [3.63, 3.8) is 0 Å². The van der Waals surface area contributed by atoms with E-state index in [4.69, 9.17) is 25.8 Å². The van der Waals surface area contributed by atoms with Gasteiger partial charge in [-0.05, 0) is 26.0 Å². The molecule has 0 spiro atoms. The van der Waals surface area contributed by atoms with Gasteiger partial charge in [-0.15, -0.1) is 0 Å². The molecule has 0 saturated carbocycles. The molecule has 1 aliphatic rings. The highest BCUT2D eigenvalue weighted by atomic mass is 35.5. The lowest BCUT2D eigenvalue weighted by Crippen LogP contribution is -2.37. The van der Waals surface area contributed by atoms with Gasteiger partial charge in [0.15, 0.2) is 6.29 Å². The number of halogens is 1. The molecule has 0 bridgehead atoms. The molecule has 1 aromatic heterocycles. The molecule has 2 heterocycles. The van der Waals surface area contributed by atoms with Gasteiger partial charge in [0.1, 0.15) is 5.82 Å². The number of hydrogen-bond acceptors (Lipinski definition) is 5. The maximum absolute atomic E-state index is 6.23. The van der Waals surface area contributed by atoms with E-state index in [2.05, 4.69) is 9.88 Å². The average molecular weight is 315 g/mol. The molecule has 0 aliphatic carbocycles.